The maximum absolute atomic E-state index is 13.8. The molecule has 0 amide bonds. The number of nitrogens with zero attached hydrogens (tertiary/aromatic N) is 1. The second kappa shape index (κ2) is 13.2. The highest BCUT2D eigenvalue weighted by Crippen LogP contribution is 2.48. The summed E-state index contributed by atoms with van der Waals surface area (Å²) in [6.07, 6.45) is 2.02. The van der Waals surface area contributed by atoms with Crippen LogP contribution in [0.5, 0.6) is 0 Å². The predicted molar refractivity (Wildman–Crippen MR) is 122 cm³/mol. The van der Waals surface area contributed by atoms with E-state index in [1.807, 2.05) is 0 Å². The Morgan fingerprint density at radius 2 is 1.59 bits per heavy atom. The number of aliphatic hydroxyl groups excluding tert-OH is 4. The van der Waals surface area contributed by atoms with E-state index in [1.54, 1.807) is 4.90 Å². The van der Waals surface area contributed by atoms with Crippen LogP contribution in [0.3, 0.4) is 0 Å². The van der Waals surface area contributed by atoms with Gasteiger partial charge in [-0.15, -0.1) is 0 Å². The maximum Gasteiger partial charge on any atom is 0.392 e. The van der Waals surface area contributed by atoms with Crippen LogP contribution in [0.2, 0.25) is 0 Å². The van der Waals surface area contributed by atoms with E-state index < -0.39 is 42.4 Å². The summed E-state index contributed by atoms with van der Waals surface area (Å²) >= 11 is 0. The normalized spacial score (nSPS) is 36.6. The minimum Gasteiger partial charge on any atom is -0.395 e. The summed E-state index contributed by atoms with van der Waals surface area (Å²) in [7, 11) is 0. The number of halogens is 3. The molecule has 200 valence electrons. The first-order valence-electron chi connectivity index (χ1n) is 13.3. The lowest BCUT2D eigenvalue weighted by molar-refractivity contribution is -0.208. The monoisotopic (exact) mass is 495 g/mol. The third kappa shape index (κ3) is 7.53. The van der Waals surface area contributed by atoms with E-state index in [2.05, 4.69) is 0 Å². The second-order valence-electron chi connectivity index (χ2n) is 10.8. The molecule has 0 radical (unpaired) electrons. The molecular formula is C25H44F3NO5. The fourth-order valence-corrected chi connectivity index (χ4v) is 6.47. The van der Waals surface area contributed by atoms with Crippen molar-refractivity contribution in [1.82, 2.24) is 4.90 Å². The van der Waals surface area contributed by atoms with Gasteiger partial charge in [-0.05, 0) is 62.8 Å². The van der Waals surface area contributed by atoms with Gasteiger partial charge in [-0.25, -0.2) is 0 Å². The second-order valence-corrected chi connectivity index (χ2v) is 10.8. The van der Waals surface area contributed by atoms with Crippen LogP contribution in [0.1, 0.15) is 70.6 Å². The lowest BCUT2D eigenvalue weighted by Gasteiger charge is -2.43. The number of hydrogen-bond acceptors (Lipinski definition) is 6. The van der Waals surface area contributed by atoms with Crippen LogP contribution >= 0.6 is 0 Å². The molecule has 1 aliphatic heterocycles. The molecule has 3 fully saturated rings. The van der Waals surface area contributed by atoms with Crippen molar-refractivity contribution in [3.05, 3.63) is 0 Å². The fourth-order valence-electron chi connectivity index (χ4n) is 6.47. The molecule has 0 aromatic rings. The van der Waals surface area contributed by atoms with Gasteiger partial charge < -0.3 is 25.2 Å². The van der Waals surface area contributed by atoms with Gasteiger partial charge in [-0.1, -0.05) is 32.1 Å². The van der Waals surface area contributed by atoms with Crippen molar-refractivity contribution < 1.29 is 38.3 Å². The van der Waals surface area contributed by atoms with Crippen LogP contribution in [-0.4, -0.2) is 88.8 Å². The van der Waals surface area contributed by atoms with E-state index in [0.717, 1.165) is 51.4 Å². The first-order valence-corrected chi connectivity index (χ1v) is 13.3. The molecule has 3 unspecified atom stereocenters. The first kappa shape index (κ1) is 28.1. The Morgan fingerprint density at radius 1 is 0.853 bits per heavy atom. The molecule has 0 spiro atoms. The zero-order chi connectivity index (χ0) is 24.7. The molecule has 34 heavy (non-hydrogen) atoms. The third-order valence-electron chi connectivity index (χ3n) is 8.55. The Bertz CT molecular complexity index is 589. The van der Waals surface area contributed by atoms with E-state index >= 15 is 0 Å². The molecule has 3 aliphatic rings. The molecule has 9 heteroatoms. The molecule has 2 aliphatic carbocycles. The van der Waals surface area contributed by atoms with Crippen molar-refractivity contribution in [2.45, 2.75) is 101 Å². The van der Waals surface area contributed by atoms with Crippen molar-refractivity contribution in [2.24, 2.45) is 23.7 Å². The molecule has 2 saturated carbocycles. The molecule has 1 heterocycles. The molecule has 0 aromatic carbocycles. The highest BCUT2D eigenvalue weighted by molar-refractivity contribution is 4.94. The van der Waals surface area contributed by atoms with Gasteiger partial charge in [0.1, 0.15) is 12.2 Å². The highest BCUT2D eigenvalue weighted by Gasteiger charge is 2.48. The first-order chi connectivity index (χ1) is 16.2. The van der Waals surface area contributed by atoms with E-state index in [-0.39, 0.29) is 32.1 Å². The van der Waals surface area contributed by atoms with Crippen LogP contribution in [0.4, 0.5) is 13.2 Å². The van der Waals surface area contributed by atoms with Crippen molar-refractivity contribution in [1.29, 1.82) is 0 Å². The Hall–Kier alpha value is -0.450. The number of piperidine rings is 1. The van der Waals surface area contributed by atoms with Crippen molar-refractivity contribution in [3.8, 4) is 0 Å². The molecular weight excluding hydrogens is 451 g/mol. The van der Waals surface area contributed by atoms with E-state index in [9.17, 15) is 33.6 Å². The average Bonchev–Trinajstić information content (AvgIpc) is 2.82. The molecule has 7 atom stereocenters. The molecule has 1 saturated heterocycles. The van der Waals surface area contributed by atoms with Crippen LogP contribution in [-0.2, 0) is 4.74 Å². The quantitative estimate of drug-likeness (QED) is 0.348. The van der Waals surface area contributed by atoms with Gasteiger partial charge in [-0.3, -0.25) is 4.90 Å². The van der Waals surface area contributed by atoms with Crippen LogP contribution in [0.15, 0.2) is 0 Å². The van der Waals surface area contributed by atoms with E-state index in [0.29, 0.717) is 25.5 Å². The third-order valence-corrected chi connectivity index (χ3v) is 8.55. The summed E-state index contributed by atoms with van der Waals surface area (Å²) in [6, 6.07) is -0.613. The van der Waals surface area contributed by atoms with Crippen LogP contribution < -0.4 is 0 Å². The Morgan fingerprint density at radius 3 is 2.26 bits per heavy atom. The summed E-state index contributed by atoms with van der Waals surface area (Å²) in [6.45, 7) is 1.00. The minimum atomic E-state index is -4.16. The Kier molecular flexibility index (Phi) is 10.9. The molecule has 0 aromatic heterocycles. The summed E-state index contributed by atoms with van der Waals surface area (Å²) < 4.78 is 47.1. The number of hydrogen-bond donors (Lipinski definition) is 4. The summed E-state index contributed by atoms with van der Waals surface area (Å²) in [5.41, 5.74) is 0. The Balaban J connectivity index is 1.34. The van der Waals surface area contributed by atoms with Gasteiger partial charge in [-0.2, -0.15) is 13.2 Å². The van der Waals surface area contributed by atoms with Gasteiger partial charge in [0.25, 0.3) is 0 Å². The van der Waals surface area contributed by atoms with Gasteiger partial charge in [0.05, 0.1) is 24.7 Å². The molecule has 3 rings (SSSR count). The molecule has 0 bridgehead atoms. The molecule has 4 N–H and O–H groups in total. The standard InChI is InChI=1S/C25H44F3NO5/c26-25(27,28)20-13-18(17-7-3-1-4-8-17)9-10-19(20)16-34-12-6-2-5-11-29-14-22(31)24(33)23(32)21(29)15-30/h17-24,30-33H,1-16H2/t18?,19?,20?,21-,22+,23-,24-/m1/s1. The minimum absolute atomic E-state index is 0.163. The van der Waals surface area contributed by atoms with Crippen molar-refractivity contribution in [3.63, 3.8) is 0 Å². The zero-order valence-corrected chi connectivity index (χ0v) is 20.2. The Labute approximate surface area is 201 Å². The summed E-state index contributed by atoms with van der Waals surface area (Å²) in [4.78, 5) is 1.78. The number of rotatable bonds is 10. The summed E-state index contributed by atoms with van der Waals surface area (Å²) in [5.74, 6) is -1.03. The topological polar surface area (TPSA) is 93.4 Å². The largest absolute Gasteiger partial charge is 0.395 e. The summed E-state index contributed by atoms with van der Waals surface area (Å²) in [5, 5.41) is 39.2. The van der Waals surface area contributed by atoms with E-state index in [4.69, 9.17) is 4.74 Å². The van der Waals surface area contributed by atoms with Crippen LogP contribution in [0.25, 0.3) is 0 Å². The zero-order valence-electron chi connectivity index (χ0n) is 20.2. The number of aliphatic hydroxyl groups is 4. The number of ether oxygens (including phenoxy) is 1. The van der Waals surface area contributed by atoms with E-state index in [1.165, 1.54) is 6.42 Å². The molecule has 6 nitrogen and oxygen atoms in total. The van der Waals surface area contributed by atoms with Crippen molar-refractivity contribution >= 4 is 0 Å². The number of alkyl halides is 3. The fraction of sp³-hybridized carbons (Fsp3) is 1.00. The lowest BCUT2D eigenvalue weighted by atomic mass is 9.67. The lowest BCUT2D eigenvalue weighted by Crippen LogP contribution is -2.62. The number of likely N-dealkylation sites (tertiary alicyclic amines) is 1. The highest BCUT2D eigenvalue weighted by atomic mass is 19.4. The van der Waals surface area contributed by atoms with Crippen LogP contribution in [0, 0.1) is 23.7 Å². The van der Waals surface area contributed by atoms with Gasteiger partial charge in [0, 0.05) is 19.8 Å². The maximum atomic E-state index is 13.8. The van der Waals surface area contributed by atoms with Crippen molar-refractivity contribution in [2.75, 3.05) is 32.9 Å². The number of unbranched alkanes of at least 4 members (excludes halogenated alkanes) is 2. The van der Waals surface area contributed by atoms with Gasteiger partial charge in [0.15, 0.2) is 0 Å². The average molecular weight is 496 g/mol. The van der Waals surface area contributed by atoms with Gasteiger partial charge >= 0.3 is 6.18 Å². The SMILES string of the molecule is OC[C@@H]1[C@@H](O)[C@H](O)[C@@H](O)CN1CCCCCOCC1CCC(C2CCCCC2)CC1C(F)(F)F. The van der Waals surface area contributed by atoms with Gasteiger partial charge in [0.2, 0.25) is 0 Å². The predicted octanol–water partition coefficient (Wildman–Crippen LogP) is 3.11. The smallest absolute Gasteiger partial charge is 0.392 e. The number of β-amino-alcohol motifs (C(OH)–C–C–N with tert-alkyl or cyclic N) is 1.